The summed E-state index contributed by atoms with van der Waals surface area (Å²) in [7, 11) is 1.58. The van der Waals surface area contributed by atoms with Crippen molar-refractivity contribution in [1.82, 2.24) is 0 Å². The first-order valence-electron chi connectivity index (χ1n) is 7.18. The molecule has 0 bridgehead atoms. The molecule has 118 valence electrons. The number of ether oxygens (including phenoxy) is 3. The summed E-state index contributed by atoms with van der Waals surface area (Å²) < 4.78 is 17.7. The van der Waals surface area contributed by atoms with E-state index < -0.39 is 0 Å². The zero-order valence-corrected chi connectivity index (χ0v) is 14.0. The van der Waals surface area contributed by atoms with E-state index in [-0.39, 0.29) is 11.9 Å². The van der Waals surface area contributed by atoms with E-state index in [1.165, 1.54) is 0 Å². The molecule has 2 aliphatic rings. The van der Waals surface area contributed by atoms with Crippen LogP contribution in [-0.2, 0) is 9.47 Å². The molecule has 22 heavy (non-hydrogen) atoms. The monoisotopic (exact) mass is 338 g/mol. The first-order valence-corrected chi connectivity index (χ1v) is 9.15. The highest BCUT2D eigenvalue weighted by atomic mass is 32.2. The van der Waals surface area contributed by atoms with Crippen LogP contribution in [0.25, 0.3) is 0 Å². The summed E-state index contributed by atoms with van der Waals surface area (Å²) in [4.78, 5) is 13.1. The third kappa shape index (κ3) is 3.35. The van der Waals surface area contributed by atoms with E-state index in [0.717, 1.165) is 21.3 Å². The molecule has 0 spiro atoms. The SMILES string of the molecule is COc1ccccc1C(=O)C(=C1SCCS1)C1COCCO1. The first kappa shape index (κ1) is 15.9. The van der Waals surface area contributed by atoms with Gasteiger partial charge in [0.1, 0.15) is 11.9 Å². The summed E-state index contributed by atoms with van der Waals surface area (Å²) in [6.07, 6.45) is -0.292. The van der Waals surface area contributed by atoms with Crippen molar-refractivity contribution in [3.05, 3.63) is 39.6 Å². The van der Waals surface area contributed by atoms with Crippen molar-refractivity contribution < 1.29 is 19.0 Å². The number of ketones is 1. The van der Waals surface area contributed by atoms with Crippen LogP contribution in [-0.4, -0.2) is 50.3 Å². The minimum atomic E-state index is -0.292. The van der Waals surface area contributed by atoms with Crippen molar-refractivity contribution in [1.29, 1.82) is 0 Å². The van der Waals surface area contributed by atoms with Gasteiger partial charge in [-0.25, -0.2) is 0 Å². The highest BCUT2D eigenvalue weighted by Crippen LogP contribution is 2.41. The Labute approximate surface area is 138 Å². The highest BCUT2D eigenvalue weighted by molar-refractivity contribution is 8.25. The van der Waals surface area contributed by atoms with E-state index in [1.54, 1.807) is 36.7 Å². The quantitative estimate of drug-likeness (QED) is 0.621. The van der Waals surface area contributed by atoms with Gasteiger partial charge in [0, 0.05) is 11.5 Å². The fourth-order valence-electron chi connectivity index (χ4n) is 2.47. The summed E-state index contributed by atoms with van der Waals surface area (Å²) in [5.41, 5.74) is 1.30. The lowest BCUT2D eigenvalue weighted by Crippen LogP contribution is -2.33. The highest BCUT2D eigenvalue weighted by Gasteiger charge is 2.31. The molecular formula is C16H18O4S2. The maximum absolute atomic E-state index is 13.1. The van der Waals surface area contributed by atoms with Gasteiger partial charge in [0.25, 0.3) is 0 Å². The van der Waals surface area contributed by atoms with Gasteiger partial charge in [-0.3, -0.25) is 4.79 Å². The molecule has 1 unspecified atom stereocenters. The zero-order chi connectivity index (χ0) is 15.4. The van der Waals surface area contributed by atoms with Crippen LogP contribution in [0.15, 0.2) is 34.1 Å². The molecule has 2 aliphatic heterocycles. The topological polar surface area (TPSA) is 44.8 Å². The van der Waals surface area contributed by atoms with Crippen molar-refractivity contribution >= 4 is 29.3 Å². The minimum Gasteiger partial charge on any atom is -0.496 e. The number of carbonyl (C=O) groups is 1. The zero-order valence-electron chi connectivity index (χ0n) is 12.4. The number of carbonyl (C=O) groups excluding carboxylic acids is 1. The van der Waals surface area contributed by atoms with Crippen LogP contribution in [0, 0.1) is 0 Å². The molecule has 2 saturated heterocycles. The summed E-state index contributed by atoms with van der Waals surface area (Å²) in [6.45, 7) is 1.54. The van der Waals surface area contributed by atoms with Crippen molar-refractivity contribution in [2.75, 3.05) is 38.4 Å². The van der Waals surface area contributed by atoms with Crippen LogP contribution in [0.2, 0.25) is 0 Å². The second-order valence-electron chi connectivity index (χ2n) is 4.86. The molecule has 1 aromatic carbocycles. The number of rotatable bonds is 4. The Bertz CT molecular complexity index is 571. The maximum atomic E-state index is 13.1. The van der Waals surface area contributed by atoms with Gasteiger partial charge in [-0.1, -0.05) is 12.1 Å². The fourth-order valence-corrected chi connectivity index (χ4v) is 5.10. The van der Waals surface area contributed by atoms with Gasteiger partial charge in [-0.15, -0.1) is 23.5 Å². The number of Topliss-reactive ketones (excluding diaryl/α,β-unsaturated/α-hetero) is 1. The molecule has 4 nitrogen and oxygen atoms in total. The molecule has 2 fully saturated rings. The molecule has 0 saturated carbocycles. The predicted octanol–water partition coefficient (Wildman–Crippen LogP) is 2.98. The van der Waals surface area contributed by atoms with Crippen LogP contribution in [0.3, 0.4) is 0 Å². The van der Waals surface area contributed by atoms with E-state index in [2.05, 4.69) is 0 Å². The minimum absolute atomic E-state index is 0.0233. The van der Waals surface area contributed by atoms with Gasteiger partial charge in [0.2, 0.25) is 0 Å². The molecule has 6 heteroatoms. The van der Waals surface area contributed by atoms with Crippen LogP contribution < -0.4 is 4.74 Å². The molecule has 2 heterocycles. The molecule has 3 rings (SSSR count). The first-order chi connectivity index (χ1) is 10.8. The Morgan fingerprint density at radius 1 is 1.23 bits per heavy atom. The van der Waals surface area contributed by atoms with Crippen LogP contribution in [0.5, 0.6) is 5.75 Å². The number of para-hydroxylation sites is 1. The van der Waals surface area contributed by atoms with Crippen molar-refractivity contribution in [2.24, 2.45) is 0 Å². The van der Waals surface area contributed by atoms with Gasteiger partial charge in [-0.2, -0.15) is 0 Å². The summed E-state index contributed by atoms with van der Waals surface area (Å²) in [5, 5.41) is 0. The second-order valence-corrected chi connectivity index (χ2v) is 7.33. The third-order valence-electron chi connectivity index (χ3n) is 3.50. The average molecular weight is 338 g/mol. The Morgan fingerprint density at radius 3 is 2.68 bits per heavy atom. The number of hydrogen-bond acceptors (Lipinski definition) is 6. The predicted molar refractivity (Wildman–Crippen MR) is 89.8 cm³/mol. The van der Waals surface area contributed by atoms with Crippen molar-refractivity contribution in [3.63, 3.8) is 0 Å². The summed E-state index contributed by atoms with van der Waals surface area (Å²) in [6, 6.07) is 7.32. The van der Waals surface area contributed by atoms with Crippen LogP contribution in [0.4, 0.5) is 0 Å². The molecule has 1 atom stereocenters. The maximum Gasteiger partial charge on any atom is 0.197 e. The van der Waals surface area contributed by atoms with Gasteiger partial charge >= 0.3 is 0 Å². The molecule has 1 aromatic rings. The Balaban J connectivity index is 1.98. The lowest BCUT2D eigenvalue weighted by Gasteiger charge is -2.26. The lowest BCUT2D eigenvalue weighted by atomic mass is 9.99. The third-order valence-corrected chi connectivity index (χ3v) is 6.25. The van der Waals surface area contributed by atoms with Gasteiger partial charge < -0.3 is 14.2 Å². The smallest absolute Gasteiger partial charge is 0.197 e. The van der Waals surface area contributed by atoms with E-state index in [0.29, 0.717) is 31.1 Å². The molecular weight excluding hydrogens is 320 g/mol. The fraction of sp³-hybridized carbons (Fsp3) is 0.438. The molecule has 0 aliphatic carbocycles. The number of thioether (sulfide) groups is 2. The van der Waals surface area contributed by atoms with E-state index >= 15 is 0 Å². The summed E-state index contributed by atoms with van der Waals surface area (Å²) in [5.74, 6) is 2.62. The lowest BCUT2D eigenvalue weighted by molar-refractivity contribution is -0.0712. The van der Waals surface area contributed by atoms with Crippen LogP contribution >= 0.6 is 23.5 Å². The molecule has 0 N–H and O–H groups in total. The Kier molecular flexibility index (Phi) is 5.46. The average Bonchev–Trinajstić information content (AvgIpc) is 3.10. The molecule has 0 amide bonds. The summed E-state index contributed by atoms with van der Waals surface area (Å²) >= 11 is 3.45. The van der Waals surface area contributed by atoms with Gasteiger partial charge in [-0.05, 0) is 12.1 Å². The Morgan fingerprint density at radius 2 is 2.00 bits per heavy atom. The largest absolute Gasteiger partial charge is 0.496 e. The number of benzene rings is 1. The Hall–Kier alpha value is -0.950. The normalized spacial score (nSPS) is 21.7. The van der Waals surface area contributed by atoms with Crippen LogP contribution in [0.1, 0.15) is 10.4 Å². The van der Waals surface area contributed by atoms with Gasteiger partial charge in [0.15, 0.2) is 5.78 Å². The number of methoxy groups -OCH3 is 1. The van der Waals surface area contributed by atoms with E-state index in [9.17, 15) is 4.79 Å². The van der Waals surface area contributed by atoms with Crippen molar-refractivity contribution in [2.45, 2.75) is 6.10 Å². The van der Waals surface area contributed by atoms with E-state index in [1.807, 2.05) is 18.2 Å². The van der Waals surface area contributed by atoms with Gasteiger partial charge in [0.05, 0.1) is 42.3 Å². The molecule has 0 radical (unpaired) electrons. The van der Waals surface area contributed by atoms with E-state index in [4.69, 9.17) is 14.2 Å². The standard InChI is InChI=1S/C16H18O4S2/c1-18-12-5-3-2-4-11(12)15(17)14(16-21-8-9-22-16)13-10-19-6-7-20-13/h2-5,13H,6-10H2,1H3. The second kappa shape index (κ2) is 7.55. The molecule has 0 aromatic heterocycles. The van der Waals surface area contributed by atoms with Crippen molar-refractivity contribution in [3.8, 4) is 5.75 Å². The number of hydrogen-bond donors (Lipinski definition) is 0.